The van der Waals surface area contributed by atoms with Crippen LogP contribution in [0, 0.1) is 0 Å². The van der Waals surface area contributed by atoms with Gasteiger partial charge in [-0.05, 0) is 0 Å². The Kier molecular flexibility index (Phi) is 4.57. The molecule has 0 bridgehead atoms. The van der Waals surface area contributed by atoms with Crippen molar-refractivity contribution in [3.05, 3.63) is 10.4 Å². The van der Waals surface area contributed by atoms with Crippen LogP contribution in [-0.2, 0) is 0 Å². The number of likely N-dealkylation sites (tertiary alicyclic amines) is 1. The molecule has 3 N–H and O–H groups in total. The summed E-state index contributed by atoms with van der Waals surface area (Å²) < 4.78 is 27.0. The molecule has 0 aromatic heterocycles. The number of hydrogen-bond donors (Lipinski definition) is 2. The van der Waals surface area contributed by atoms with E-state index in [4.69, 9.17) is 5.73 Å². The van der Waals surface area contributed by atoms with E-state index >= 15 is 0 Å². The Hall–Kier alpha value is 0.0200. The fourth-order valence-corrected chi connectivity index (χ4v) is 3.86. The van der Waals surface area contributed by atoms with Gasteiger partial charge in [0.1, 0.15) is 5.50 Å². The highest BCUT2D eigenvalue weighted by Crippen LogP contribution is 2.33. The molecular formula is C10H17F2N3S2. The van der Waals surface area contributed by atoms with E-state index in [0.29, 0.717) is 13.1 Å². The third kappa shape index (κ3) is 4.31. The standard InChI is InChI=1S/C10H17F2N3S2/c11-10(12)1-3-15(4-2-10)5-6-16-8-7-14-9(13)17-8/h7,9,14H,1-6,13H2. The maximum atomic E-state index is 12.9. The molecule has 0 aromatic carbocycles. The first-order chi connectivity index (χ1) is 8.05. The molecule has 2 aliphatic heterocycles. The molecule has 3 nitrogen and oxygen atoms in total. The van der Waals surface area contributed by atoms with Crippen LogP contribution in [0.1, 0.15) is 12.8 Å². The molecule has 1 unspecified atom stereocenters. The molecule has 0 saturated carbocycles. The lowest BCUT2D eigenvalue weighted by atomic mass is 10.1. The lowest BCUT2D eigenvalue weighted by Crippen LogP contribution is -2.40. The van der Waals surface area contributed by atoms with Crippen LogP contribution in [0.4, 0.5) is 8.78 Å². The third-order valence-corrected chi connectivity index (χ3v) is 5.02. The topological polar surface area (TPSA) is 41.3 Å². The normalized spacial score (nSPS) is 28.9. The average molecular weight is 281 g/mol. The molecule has 0 amide bonds. The summed E-state index contributed by atoms with van der Waals surface area (Å²) in [5.74, 6) is -1.51. The summed E-state index contributed by atoms with van der Waals surface area (Å²) in [5.41, 5.74) is 5.63. The molecule has 1 saturated heterocycles. The highest BCUT2D eigenvalue weighted by Gasteiger charge is 2.33. The van der Waals surface area contributed by atoms with Gasteiger partial charge in [-0.3, -0.25) is 0 Å². The Morgan fingerprint density at radius 2 is 2.24 bits per heavy atom. The van der Waals surface area contributed by atoms with Crippen LogP contribution in [0.3, 0.4) is 0 Å². The van der Waals surface area contributed by atoms with Gasteiger partial charge in [0.25, 0.3) is 5.92 Å². The summed E-state index contributed by atoms with van der Waals surface area (Å²) in [5, 5.41) is 3.01. The van der Waals surface area contributed by atoms with Gasteiger partial charge in [0.15, 0.2) is 0 Å². The van der Waals surface area contributed by atoms with Gasteiger partial charge in [-0.2, -0.15) is 0 Å². The number of nitrogens with two attached hydrogens (primary N) is 1. The Morgan fingerprint density at radius 3 is 2.82 bits per heavy atom. The zero-order chi connectivity index (χ0) is 12.3. The number of nitrogens with one attached hydrogen (secondary N) is 1. The smallest absolute Gasteiger partial charge is 0.250 e. The van der Waals surface area contributed by atoms with E-state index < -0.39 is 5.92 Å². The molecule has 0 spiro atoms. The Morgan fingerprint density at radius 1 is 1.53 bits per heavy atom. The molecule has 98 valence electrons. The lowest BCUT2D eigenvalue weighted by Gasteiger charge is -2.31. The van der Waals surface area contributed by atoms with Crippen molar-refractivity contribution in [2.75, 3.05) is 25.4 Å². The quantitative estimate of drug-likeness (QED) is 0.823. The Labute approximate surface area is 109 Å². The second-order valence-corrected chi connectivity index (χ2v) is 6.79. The van der Waals surface area contributed by atoms with Gasteiger partial charge in [0, 0.05) is 44.4 Å². The van der Waals surface area contributed by atoms with E-state index in [2.05, 4.69) is 10.2 Å². The van der Waals surface area contributed by atoms with Gasteiger partial charge in [-0.15, -0.1) is 11.8 Å². The molecule has 2 heterocycles. The molecule has 0 aliphatic carbocycles. The SMILES string of the molecule is NC1NC=C(SCCN2CCC(F)(F)CC2)S1. The molecule has 0 radical (unpaired) electrons. The van der Waals surface area contributed by atoms with Gasteiger partial charge in [-0.1, -0.05) is 11.8 Å². The predicted molar refractivity (Wildman–Crippen MR) is 69.9 cm³/mol. The summed E-state index contributed by atoms with van der Waals surface area (Å²) in [7, 11) is 0. The van der Waals surface area contributed by atoms with Crippen molar-refractivity contribution in [1.29, 1.82) is 0 Å². The number of rotatable bonds is 4. The number of alkyl halides is 2. The lowest BCUT2D eigenvalue weighted by molar-refractivity contribution is -0.0539. The second kappa shape index (κ2) is 5.77. The molecule has 7 heteroatoms. The van der Waals surface area contributed by atoms with E-state index in [1.54, 1.807) is 23.5 Å². The average Bonchev–Trinajstić information content (AvgIpc) is 2.67. The maximum absolute atomic E-state index is 12.9. The van der Waals surface area contributed by atoms with Crippen molar-refractivity contribution in [2.24, 2.45) is 5.73 Å². The van der Waals surface area contributed by atoms with Crippen LogP contribution in [0.25, 0.3) is 0 Å². The number of thioether (sulfide) groups is 2. The number of hydrogen-bond acceptors (Lipinski definition) is 5. The van der Waals surface area contributed by atoms with Gasteiger partial charge in [-0.25, -0.2) is 8.78 Å². The fourth-order valence-electron chi connectivity index (χ4n) is 1.80. The van der Waals surface area contributed by atoms with Gasteiger partial charge >= 0.3 is 0 Å². The molecule has 17 heavy (non-hydrogen) atoms. The number of piperidine rings is 1. The summed E-state index contributed by atoms with van der Waals surface area (Å²) >= 11 is 3.34. The van der Waals surface area contributed by atoms with Crippen molar-refractivity contribution in [3.8, 4) is 0 Å². The van der Waals surface area contributed by atoms with Crippen LogP contribution < -0.4 is 11.1 Å². The molecule has 1 fully saturated rings. The van der Waals surface area contributed by atoms with E-state index in [1.165, 1.54) is 4.24 Å². The van der Waals surface area contributed by atoms with Crippen LogP contribution in [-0.4, -0.2) is 41.7 Å². The molecule has 1 atom stereocenters. The predicted octanol–water partition coefficient (Wildman–Crippen LogP) is 1.83. The van der Waals surface area contributed by atoms with Crippen molar-refractivity contribution in [2.45, 2.75) is 24.3 Å². The van der Waals surface area contributed by atoms with Gasteiger partial charge in [0.05, 0.1) is 4.24 Å². The zero-order valence-corrected chi connectivity index (χ0v) is 11.1. The first-order valence-corrected chi connectivity index (χ1v) is 7.53. The second-order valence-electron chi connectivity index (χ2n) is 4.21. The van der Waals surface area contributed by atoms with Crippen molar-refractivity contribution >= 4 is 23.5 Å². The molecular weight excluding hydrogens is 264 g/mol. The third-order valence-electron chi connectivity index (χ3n) is 2.85. The van der Waals surface area contributed by atoms with Crippen molar-refractivity contribution in [3.63, 3.8) is 0 Å². The van der Waals surface area contributed by atoms with E-state index in [-0.39, 0.29) is 18.3 Å². The minimum atomic E-state index is -2.44. The molecule has 2 rings (SSSR count). The van der Waals surface area contributed by atoms with E-state index in [1.807, 2.05) is 6.20 Å². The molecule has 2 aliphatic rings. The summed E-state index contributed by atoms with van der Waals surface area (Å²) in [6.07, 6.45) is 1.92. The van der Waals surface area contributed by atoms with Crippen LogP contribution in [0.2, 0.25) is 0 Å². The minimum absolute atomic E-state index is 0.00153. The van der Waals surface area contributed by atoms with Crippen molar-refractivity contribution < 1.29 is 8.78 Å². The van der Waals surface area contributed by atoms with Crippen LogP contribution in [0.15, 0.2) is 10.4 Å². The zero-order valence-electron chi connectivity index (χ0n) is 9.49. The summed E-state index contributed by atoms with van der Waals surface area (Å²) in [6.45, 7) is 1.89. The van der Waals surface area contributed by atoms with Crippen LogP contribution >= 0.6 is 23.5 Å². The first-order valence-electron chi connectivity index (χ1n) is 5.67. The Bertz CT molecular complexity index is 289. The van der Waals surface area contributed by atoms with Crippen molar-refractivity contribution in [1.82, 2.24) is 10.2 Å². The van der Waals surface area contributed by atoms with E-state index in [9.17, 15) is 8.78 Å². The minimum Gasteiger partial charge on any atom is -0.366 e. The Balaban J connectivity index is 1.60. The highest BCUT2D eigenvalue weighted by molar-refractivity contribution is 8.22. The van der Waals surface area contributed by atoms with Crippen LogP contribution in [0.5, 0.6) is 0 Å². The van der Waals surface area contributed by atoms with Gasteiger partial charge < -0.3 is 16.0 Å². The monoisotopic (exact) mass is 281 g/mol. The van der Waals surface area contributed by atoms with Gasteiger partial charge in [0.2, 0.25) is 0 Å². The number of halogens is 2. The summed E-state index contributed by atoms with van der Waals surface area (Å²) in [4.78, 5) is 2.11. The number of nitrogens with zero attached hydrogens (tertiary/aromatic N) is 1. The van der Waals surface area contributed by atoms with E-state index in [0.717, 1.165) is 12.3 Å². The molecule has 0 aromatic rings. The first kappa shape index (κ1) is 13.5. The fraction of sp³-hybridized carbons (Fsp3) is 0.800. The highest BCUT2D eigenvalue weighted by atomic mass is 32.2. The maximum Gasteiger partial charge on any atom is 0.250 e. The largest absolute Gasteiger partial charge is 0.366 e. The summed E-state index contributed by atoms with van der Waals surface area (Å²) in [6, 6.07) is 0.